The van der Waals surface area contributed by atoms with Crippen LogP contribution in [0, 0.1) is 0 Å². The standard InChI is InChI=1S/C11H9F6NO3/c1-5(10(12,13)14)21-8-7(11(15,16)17)3-6(4-18-8)9(19)20-2/h3-5H,1-2H3. The van der Waals surface area contributed by atoms with Gasteiger partial charge in [0.2, 0.25) is 5.88 Å². The molecular formula is C11H9F6NO3. The van der Waals surface area contributed by atoms with E-state index in [1.807, 2.05) is 0 Å². The summed E-state index contributed by atoms with van der Waals surface area (Å²) in [6.45, 7) is 0.538. The monoisotopic (exact) mass is 317 g/mol. The highest BCUT2D eigenvalue weighted by molar-refractivity contribution is 5.89. The minimum atomic E-state index is -5.04. The molecule has 1 rings (SSSR count). The minimum absolute atomic E-state index is 0.317. The Morgan fingerprint density at radius 1 is 1.24 bits per heavy atom. The second-order valence-corrected chi connectivity index (χ2v) is 3.87. The number of nitrogens with zero attached hydrogens (tertiary/aromatic N) is 1. The lowest BCUT2D eigenvalue weighted by molar-refractivity contribution is -0.192. The zero-order chi connectivity index (χ0) is 16.4. The van der Waals surface area contributed by atoms with Crippen molar-refractivity contribution in [3.8, 4) is 5.88 Å². The quantitative estimate of drug-likeness (QED) is 0.634. The van der Waals surface area contributed by atoms with Crippen molar-refractivity contribution in [3.63, 3.8) is 0 Å². The molecule has 0 fully saturated rings. The molecule has 1 aromatic rings. The van der Waals surface area contributed by atoms with E-state index >= 15 is 0 Å². The first-order valence-electron chi connectivity index (χ1n) is 5.35. The van der Waals surface area contributed by atoms with Gasteiger partial charge in [0.25, 0.3) is 0 Å². The van der Waals surface area contributed by atoms with Crippen LogP contribution in [-0.2, 0) is 10.9 Å². The Kier molecular flexibility index (Phi) is 4.69. The first-order chi connectivity index (χ1) is 9.46. The predicted molar refractivity (Wildman–Crippen MR) is 56.7 cm³/mol. The highest BCUT2D eigenvalue weighted by Crippen LogP contribution is 2.37. The van der Waals surface area contributed by atoms with Crippen molar-refractivity contribution in [2.24, 2.45) is 0 Å². The maximum absolute atomic E-state index is 12.8. The third-order valence-corrected chi connectivity index (χ3v) is 2.33. The number of esters is 1. The zero-order valence-corrected chi connectivity index (χ0v) is 10.7. The summed E-state index contributed by atoms with van der Waals surface area (Å²) in [6, 6.07) is 0.317. The van der Waals surface area contributed by atoms with Crippen molar-refractivity contribution < 1.29 is 40.6 Å². The number of hydrogen-bond acceptors (Lipinski definition) is 4. The van der Waals surface area contributed by atoms with Gasteiger partial charge in [-0.3, -0.25) is 0 Å². The molecule has 0 aromatic carbocycles. The largest absolute Gasteiger partial charge is 0.465 e. The van der Waals surface area contributed by atoms with E-state index in [1.54, 1.807) is 0 Å². The minimum Gasteiger partial charge on any atom is -0.465 e. The topological polar surface area (TPSA) is 48.4 Å². The van der Waals surface area contributed by atoms with E-state index in [4.69, 9.17) is 0 Å². The number of ether oxygens (including phenoxy) is 2. The fraction of sp³-hybridized carbons (Fsp3) is 0.455. The van der Waals surface area contributed by atoms with Crippen LogP contribution in [0.5, 0.6) is 5.88 Å². The molecular weight excluding hydrogens is 308 g/mol. The van der Waals surface area contributed by atoms with Crippen molar-refractivity contribution in [2.45, 2.75) is 25.4 Å². The van der Waals surface area contributed by atoms with Gasteiger partial charge in [-0.1, -0.05) is 0 Å². The second kappa shape index (κ2) is 5.78. The van der Waals surface area contributed by atoms with Gasteiger partial charge in [0.15, 0.2) is 6.10 Å². The van der Waals surface area contributed by atoms with Gasteiger partial charge in [-0.15, -0.1) is 0 Å². The number of aromatic nitrogens is 1. The van der Waals surface area contributed by atoms with Gasteiger partial charge < -0.3 is 9.47 Å². The number of methoxy groups -OCH3 is 1. The summed E-state index contributed by atoms with van der Waals surface area (Å²) in [5.74, 6) is -2.37. The highest BCUT2D eigenvalue weighted by Gasteiger charge is 2.42. The van der Waals surface area contributed by atoms with Crippen molar-refractivity contribution >= 4 is 5.97 Å². The lowest BCUT2D eigenvalue weighted by atomic mass is 10.2. The van der Waals surface area contributed by atoms with E-state index in [2.05, 4.69) is 14.5 Å². The molecule has 1 aromatic heterocycles. The van der Waals surface area contributed by atoms with E-state index < -0.39 is 41.4 Å². The Labute approximate surface area is 114 Å². The molecule has 1 atom stereocenters. The van der Waals surface area contributed by atoms with Crippen LogP contribution in [0.2, 0.25) is 0 Å². The average molecular weight is 317 g/mol. The van der Waals surface area contributed by atoms with Gasteiger partial charge in [0.05, 0.1) is 12.7 Å². The Balaban J connectivity index is 3.24. The van der Waals surface area contributed by atoms with Crippen molar-refractivity contribution in [2.75, 3.05) is 7.11 Å². The van der Waals surface area contributed by atoms with Crippen LogP contribution in [0.3, 0.4) is 0 Å². The van der Waals surface area contributed by atoms with E-state index in [1.165, 1.54) is 0 Å². The lowest BCUT2D eigenvalue weighted by Crippen LogP contribution is -2.32. The zero-order valence-electron chi connectivity index (χ0n) is 10.7. The normalized spacial score (nSPS) is 13.7. The van der Waals surface area contributed by atoms with Crippen LogP contribution >= 0.6 is 0 Å². The molecule has 0 aliphatic carbocycles. The molecule has 0 radical (unpaired) electrons. The van der Waals surface area contributed by atoms with Gasteiger partial charge in [-0.05, 0) is 13.0 Å². The van der Waals surface area contributed by atoms with Crippen molar-refractivity contribution in [1.29, 1.82) is 0 Å². The molecule has 0 spiro atoms. The van der Waals surface area contributed by atoms with Gasteiger partial charge in [-0.25, -0.2) is 9.78 Å². The third kappa shape index (κ3) is 4.23. The Morgan fingerprint density at radius 3 is 2.24 bits per heavy atom. The maximum atomic E-state index is 12.8. The fourth-order valence-electron chi connectivity index (χ4n) is 1.21. The summed E-state index contributed by atoms with van der Waals surface area (Å²) in [4.78, 5) is 14.3. The molecule has 4 nitrogen and oxygen atoms in total. The first-order valence-corrected chi connectivity index (χ1v) is 5.35. The van der Waals surface area contributed by atoms with Crippen LogP contribution in [0.25, 0.3) is 0 Å². The molecule has 0 saturated heterocycles. The molecule has 10 heteroatoms. The molecule has 0 saturated carbocycles. The predicted octanol–water partition coefficient (Wildman–Crippen LogP) is 3.22. The Morgan fingerprint density at radius 2 is 1.81 bits per heavy atom. The molecule has 0 N–H and O–H groups in total. The molecule has 0 aliphatic heterocycles. The smallest absolute Gasteiger partial charge is 0.425 e. The van der Waals surface area contributed by atoms with Gasteiger partial charge in [0.1, 0.15) is 5.56 Å². The number of alkyl halides is 6. The first kappa shape index (κ1) is 17.1. The average Bonchev–Trinajstić information content (AvgIpc) is 2.35. The Bertz CT molecular complexity index is 526. The Hall–Kier alpha value is -2.00. The van der Waals surface area contributed by atoms with Crippen LogP contribution in [-0.4, -0.2) is 30.3 Å². The van der Waals surface area contributed by atoms with E-state index in [0.29, 0.717) is 19.2 Å². The maximum Gasteiger partial charge on any atom is 0.425 e. The SMILES string of the molecule is COC(=O)c1cnc(OC(C)C(F)(F)F)c(C(F)(F)F)c1. The van der Waals surface area contributed by atoms with Crippen LogP contribution < -0.4 is 4.74 Å². The summed E-state index contributed by atoms with van der Waals surface area (Å²) in [5, 5.41) is 0. The van der Waals surface area contributed by atoms with E-state index in [9.17, 15) is 31.1 Å². The van der Waals surface area contributed by atoms with Crippen LogP contribution in [0.4, 0.5) is 26.3 Å². The summed E-state index contributed by atoms with van der Waals surface area (Å²) in [5.41, 5.74) is -2.15. The fourth-order valence-corrected chi connectivity index (χ4v) is 1.21. The lowest BCUT2D eigenvalue weighted by Gasteiger charge is -2.19. The molecule has 0 aliphatic rings. The van der Waals surface area contributed by atoms with Gasteiger partial charge in [-0.2, -0.15) is 26.3 Å². The van der Waals surface area contributed by atoms with Gasteiger partial charge in [0, 0.05) is 6.20 Å². The number of rotatable bonds is 3. The third-order valence-electron chi connectivity index (χ3n) is 2.33. The molecule has 21 heavy (non-hydrogen) atoms. The van der Waals surface area contributed by atoms with E-state index in [0.717, 1.165) is 7.11 Å². The van der Waals surface area contributed by atoms with Gasteiger partial charge >= 0.3 is 18.3 Å². The molecule has 1 unspecified atom stereocenters. The van der Waals surface area contributed by atoms with Crippen LogP contribution in [0.1, 0.15) is 22.8 Å². The van der Waals surface area contributed by atoms with E-state index in [-0.39, 0.29) is 0 Å². The molecule has 0 bridgehead atoms. The van der Waals surface area contributed by atoms with Crippen molar-refractivity contribution in [3.05, 3.63) is 23.4 Å². The van der Waals surface area contributed by atoms with Crippen LogP contribution in [0.15, 0.2) is 12.3 Å². The summed E-state index contributed by atoms with van der Waals surface area (Å²) in [7, 11) is 0.936. The number of carbonyl (C=O) groups is 1. The molecule has 118 valence electrons. The molecule has 0 amide bonds. The summed E-state index contributed by atoms with van der Waals surface area (Å²) in [6.07, 6.45) is -11.8. The number of hydrogen-bond donors (Lipinski definition) is 0. The number of carbonyl (C=O) groups excluding carboxylic acids is 1. The summed E-state index contributed by atoms with van der Waals surface area (Å²) < 4.78 is 83.7. The summed E-state index contributed by atoms with van der Waals surface area (Å²) >= 11 is 0. The highest BCUT2D eigenvalue weighted by atomic mass is 19.4. The molecule has 1 heterocycles. The number of halogens is 6. The second-order valence-electron chi connectivity index (χ2n) is 3.87. The number of pyridine rings is 1. The van der Waals surface area contributed by atoms with Crippen molar-refractivity contribution in [1.82, 2.24) is 4.98 Å².